The van der Waals surface area contributed by atoms with Gasteiger partial charge in [-0.05, 0) is 51.0 Å². The van der Waals surface area contributed by atoms with Gasteiger partial charge in [0.25, 0.3) is 0 Å². The number of hydrogen-bond acceptors (Lipinski definition) is 4. The lowest BCUT2D eigenvalue weighted by molar-refractivity contribution is 0.0515. The lowest BCUT2D eigenvalue weighted by Gasteiger charge is -2.22. The second-order valence-corrected chi connectivity index (χ2v) is 6.79. The van der Waals surface area contributed by atoms with Gasteiger partial charge >= 0.3 is 6.09 Å². The van der Waals surface area contributed by atoms with Crippen molar-refractivity contribution in [1.82, 2.24) is 5.32 Å². The van der Waals surface area contributed by atoms with E-state index in [1.54, 1.807) is 0 Å². The van der Waals surface area contributed by atoms with E-state index in [2.05, 4.69) is 11.4 Å². The number of carbonyl (C=O) groups is 1. The second kappa shape index (κ2) is 6.89. The van der Waals surface area contributed by atoms with Gasteiger partial charge in [0.2, 0.25) is 0 Å². The molecule has 0 spiro atoms. The molecular weight excluding hydrogens is 248 g/mol. The van der Waals surface area contributed by atoms with Crippen LogP contribution in [0.1, 0.15) is 33.6 Å². The van der Waals surface area contributed by atoms with E-state index in [0.29, 0.717) is 6.54 Å². The Morgan fingerprint density at radius 1 is 1.44 bits per heavy atom. The summed E-state index contributed by atoms with van der Waals surface area (Å²) in [6.45, 7) is 6.06. The molecule has 5 heteroatoms. The summed E-state index contributed by atoms with van der Waals surface area (Å²) in [5, 5.41) is 11.9. The van der Waals surface area contributed by atoms with Crippen LogP contribution < -0.4 is 5.32 Å². The maximum absolute atomic E-state index is 11.6. The minimum Gasteiger partial charge on any atom is -0.444 e. The van der Waals surface area contributed by atoms with Crippen molar-refractivity contribution in [2.24, 2.45) is 11.8 Å². The van der Waals surface area contributed by atoms with Gasteiger partial charge < -0.3 is 10.1 Å². The number of thioether (sulfide) groups is 1. The van der Waals surface area contributed by atoms with Crippen LogP contribution in [0, 0.1) is 23.2 Å². The number of ether oxygens (including phenoxy) is 1. The zero-order valence-corrected chi connectivity index (χ0v) is 12.2. The van der Waals surface area contributed by atoms with Crippen molar-refractivity contribution in [3.8, 4) is 6.07 Å². The number of nitrogens with zero attached hydrogens (tertiary/aromatic N) is 1. The summed E-state index contributed by atoms with van der Waals surface area (Å²) >= 11 is 1.89. The summed E-state index contributed by atoms with van der Waals surface area (Å²) in [4.78, 5) is 11.6. The summed E-state index contributed by atoms with van der Waals surface area (Å²) in [6, 6.07) is 2.36. The summed E-state index contributed by atoms with van der Waals surface area (Å²) in [7, 11) is 0. The normalized spacial score (nSPS) is 24.8. The van der Waals surface area contributed by atoms with Crippen LogP contribution in [-0.2, 0) is 4.74 Å². The van der Waals surface area contributed by atoms with E-state index in [9.17, 15) is 4.79 Å². The second-order valence-electron chi connectivity index (χ2n) is 5.57. The number of hydrogen-bond donors (Lipinski definition) is 1. The quantitative estimate of drug-likeness (QED) is 0.838. The van der Waals surface area contributed by atoms with Crippen molar-refractivity contribution in [1.29, 1.82) is 5.26 Å². The first kappa shape index (κ1) is 15.2. The first-order chi connectivity index (χ1) is 8.42. The van der Waals surface area contributed by atoms with Crippen LogP contribution in [0.2, 0.25) is 0 Å². The molecule has 4 nitrogen and oxygen atoms in total. The van der Waals surface area contributed by atoms with Gasteiger partial charge in [-0.15, -0.1) is 0 Å². The molecule has 0 aromatic heterocycles. The Kier molecular flexibility index (Phi) is 5.80. The van der Waals surface area contributed by atoms with Gasteiger partial charge in [0.05, 0.1) is 12.0 Å². The molecule has 1 aliphatic heterocycles. The Morgan fingerprint density at radius 2 is 2.11 bits per heavy atom. The Balaban J connectivity index is 2.41. The fourth-order valence-corrected chi connectivity index (χ4v) is 3.02. The van der Waals surface area contributed by atoms with Crippen LogP contribution in [0.15, 0.2) is 0 Å². The van der Waals surface area contributed by atoms with E-state index < -0.39 is 11.7 Å². The van der Waals surface area contributed by atoms with E-state index in [4.69, 9.17) is 10.00 Å². The molecule has 1 saturated heterocycles. The number of nitriles is 1. The van der Waals surface area contributed by atoms with Gasteiger partial charge in [-0.1, -0.05) is 0 Å². The van der Waals surface area contributed by atoms with E-state index >= 15 is 0 Å². The van der Waals surface area contributed by atoms with Crippen LogP contribution >= 0.6 is 11.8 Å². The van der Waals surface area contributed by atoms with Crippen LogP contribution in [0.3, 0.4) is 0 Å². The molecule has 1 aliphatic rings. The number of rotatable bonds is 2. The van der Waals surface area contributed by atoms with Gasteiger partial charge in [0.1, 0.15) is 5.60 Å². The lowest BCUT2D eigenvalue weighted by atomic mass is 9.89. The predicted molar refractivity (Wildman–Crippen MR) is 73.4 cm³/mol. The maximum Gasteiger partial charge on any atom is 0.407 e. The standard InChI is InChI=1S/C13H22N2O2S/c1-13(2,3)17-12(16)15-9-11-5-7-18-6-4-10(11)8-14/h10-11H,4-7,9H2,1-3H3,(H,15,16)/t10-,11-/m0/s1. The molecule has 0 unspecified atom stereocenters. The first-order valence-corrected chi connectivity index (χ1v) is 7.52. The Morgan fingerprint density at radius 3 is 2.72 bits per heavy atom. The molecule has 18 heavy (non-hydrogen) atoms. The maximum atomic E-state index is 11.6. The van der Waals surface area contributed by atoms with Crippen molar-refractivity contribution < 1.29 is 9.53 Å². The van der Waals surface area contributed by atoms with Gasteiger partial charge in [0, 0.05) is 6.54 Å². The number of amides is 1. The van der Waals surface area contributed by atoms with Gasteiger partial charge in [0.15, 0.2) is 0 Å². The Hall–Kier alpha value is -0.890. The highest BCUT2D eigenvalue weighted by atomic mass is 32.2. The van der Waals surface area contributed by atoms with E-state index in [-0.39, 0.29) is 11.8 Å². The minimum atomic E-state index is -0.474. The first-order valence-electron chi connectivity index (χ1n) is 6.36. The molecule has 1 fully saturated rings. The van der Waals surface area contributed by atoms with Crippen molar-refractivity contribution >= 4 is 17.9 Å². The highest BCUT2D eigenvalue weighted by molar-refractivity contribution is 7.99. The zero-order chi connectivity index (χ0) is 13.6. The number of nitrogens with one attached hydrogen (secondary N) is 1. The SMILES string of the molecule is CC(C)(C)OC(=O)NC[C@@H]1CCSCC[C@H]1C#N. The third-order valence-electron chi connectivity index (χ3n) is 2.85. The summed E-state index contributed by atoms with van der Waals surface area (Å²) in [5.74, 6) is 2.41. The highest BCUT2D eigenvalue weighted by Gasteiger charge is 2.25. The van der Waals surface area contributed by atoms with E-state index in [1.807, 2.05) is 32.5 Å². The van der Waals surface area contributed by atoms with Crippen LogP contribution in [-0.4, -0.2) is 29.7 Å². The smallest absolute Gasteiger partial charge is 0.407 e. The molecule has 2 atom stereocenters. The average Bonchev–Trinajstić information content (AvgIpc) is 2.48. The molecule has 1 N–H and O–H groups in total. The van der Waals surface area contributed by atoms with Crippen LogP contribution in [0.25, 0.3) is 0 Å². The van der Waals surface area contributed by atoms with Crippen molar-refractivity contribution in [3.05, 3.63) is 0 Å². The molecule has 1 rings (SSSR count). The minimum absolute atomic E-state index is 0.0509. The number of alkyl carbamates (subject to hydrolysis) is 1. The molecule has 0 radical (unpaired) electrons. The molecule has 0 aliphatic carbocycles. The predicted octanol–water partition coefficient (Wildman–Crippen LogP) is 2.79. The van der Waals surface area contributed by atoms with E-state index in [0.717, 1.165) is 24.3 Å². The van der Waals surface area contributed by atoms with Crippen LogP contribution in [0.5, 0.6) is 0 Å². The Bertz CT molecular complexity index is 320. The summed E-state index contributed by atoms with van der Waals surface area (Å²) < 4.78 is 5.19. The topological polar surface area (TPSA) is 62.1 Å². The van der Waals surface area contributed by atoms with Crippen molar-refractivity contribution in [2.45, 2.75) is 39.2 Å². The lowest BCUT2D eigenvalue weighted by Crippen LogP contribution is -2.36. The Labute approximate surface area is 113 Å². The molecule has 1 heterocycles. The van der Waals surface area contributed by atoms with Gasteiger partial charge in [-0.2, -0.15) is 17.0 Å². The van der Waals surface area contributed by atoms with Gasteiger partial charge in [-0.3, -0.25) is 0 Å². The summed E-state index contributed by atoms with van der Waals surface area (Å²) in [5.41, 5.74) is -0.474. The van der Waals surface area contributed by atoms with Crippen molar-refractivity contribution in [2.75, 3.05) is 18.1 Å². The molecule has 0 saturated carbocycles. The largest absolute Gasteiger partial charge is 0.444 e. The molecule has 0 aromatic carbocycles. The third-order valence-corrected chi connectivity index (χ3v) is 3.90. The fraction of sp³-hybridized carbons (Fsp3) is 0.846. The fourth-order valence-electron chi connectivity index (χ4n) is 1.93. The molecule has 1 amide bonds. The number of carbonyl (C=O) groups excluding carboxylic acids is 1. The van der Waals surface area contributed by atoms with Crippen molar-refractivity contribution in [3.63, 3.8) is 0 Å². The van der Waals surface area contributed by atoms with Crippen LogP contribution in [0.4, 0.5) is 4.79 Å². The zero-order valence-electron chi connectivity index (χ0n) is 11.4. The monoisotopic (exact) mass is 270 g/mol. The summed E-state index contributed by atoms with van der Waals surface area (Å²) in [6.07, 6.45) is 1.51. The molecular formula is C13H22N2O2S. The third kappa shape index (κ3) is 5.63. The molecule has 0 aromatic rings. The highest BCUT2D eigenvalue weighted by Crippen LogP contribution is 2.27. The average molecular weight is 270 g/mol. The van der Waals surface area contributed by atoms with Gasteiger partial charge in [-0.25, -0.2) is 4.79 Å². The molecule has 102 valence electrons. The molecule has 0 bridgehead atoms. The van der Waals surface area contributed by atoms with E-state index in [1.165, 1.54) is 0 Å².